The van der Waals surface area contributed by atoms with Gasteiger partial charge in [-0.1, -0.05) is 11.8 Å². The second kappa shape index (κ2) is 8.24. The van der Waals surface area contributed by atoms with E-state index >= 15 is 0 Å². The molecule has 2 aromatic rings. The molecule has 0 aliphatic carbocycles. The Labute approximate surface area is 148 Å². The zero-order valence-corrected chi connectivity index (χ0v) is 14.4. The van der Waals surface area contributed by atoms with Gasteiger partial charge in [-0.05, 0) is 31.4 Å². The van der Waals surface area contributed by atoms with Gasteiger partial charge in [-0.25, -0.2) is 18.7 Å². The van der Waals surface area contributed by atoms with Gasteiger partial charge in [0.25, 0.3) is 0 Å². The van der Waals surface area contributed by atoms with Gasteiger partial charge >= 0.3 is 0 Å². The van der Waals surface area contributed by atoms with E-state index in [2.05, 4.69) is 20.2 Å². The Morgan fingerprint density at radius 3 is 2.72 bits per heavy atom. The fourth-order valence-corrected chi connectivity index (χ4v) is 3.28. The number of anilines is 2. The van der Waals surface area contributed by atoms with Crippen LogP contribution in [-0.2, 0) is 4.79 Å². The third-order valence-electron chi connectivity index (χ3n) is 3.86. The summed E-state index contributed by atoms with van der Waals surface area (Å²) in [5, 5.41) is 3.12. The van der Waals surface area contributed by atoms with Gasteiger partial charge in [0, 0.05) is 25.2 Å². The first-order chi connectivity index (χ1) is 12.1. The smallest absolute Gasteiger partial charge is 0.234 e. The molecule has 3 rings (SSSR count). The van der Waals surface area contributed by atoms with Crippen LogP contribution in [0.5, 0.6) is 0 Å². The van der Waals surface area contributed by atoms with Crippen LogP contribution in [0.3, 0.4) is 0 Å². The Morgan fingerprint density at radius 1 is 1.16 bits per heavy atom. The predicted octanol–water partition coefficient (Wildman–Crippen LogP) is 3.48. The van der Waals surface area contributed by atoms with Gasteiger partial charge in [-0.3, -0.25) is 4.79 Å². The van der Waals surface area contributed by atoms with E-state index in [1.807, 2.05) is 6.07 Å². The molecule has 0 spiro atoms. The SMILES string of the molecule is O=C(CSc1cc(N2CCCCC2)ncn1)Nc1ccc(F)cc1F. The van der Waals surface area contributed by atoms with Crippen molar-refractivity contribution in [3.63, 3.8) is 0 Å². The Balaban J connectivity index is 1.56. The predicted molar refractivity (Wildman–Crippen MR) is 93.8 cm³/mol. The van der Waals surface area contributed by atoms with Crippen LogP contribution in [0.15, 0.2) is 35.6 Å². The summed E-state index contributed by atoms with van der Waals surface area (Å²) in [4.78, 5) is 22.6. The Morgan fingerprint density at radius 2 is 1.96 bits per heavy atom. The van der Waals surface area contributed by atoms with Crippen LogP contribution in [0.4, 0.5) is 20.3 Å². The number of piperidine rings is 1. The molecule has 0 saturated carbocycles. The highest BCUT2D eigenvalue weighted by Crippen LogP contribution is 2.23. The molecule has 2 heterocycles. The molecular weight excluding hydrogens is 346 g/mol. The molecule has 1 aliphatic rings. The summed E-state index contributed by atoms with van der Waals surface area (Å²) in [5.41, 5.74) is -0.0382. The average molecular weight is 364 g/mol. The average Bonchev–Trinajstić information content (AvgIpc) is 2.63. The molecule has 1 amide bonds. The zero-order valence-electron chi connectivity index (χ0n) is 13.5. The fraction of sp³-hybridized carbons (Fsp3) is 0.353. The van der Waals surface area contributed by atoms with E-state index in [4.69, 9.17) is 0 Å². The Bertz CT molecular complexity index is 753. The molecule has 8 heteroatoms. The number of hydrogen-bond acceptors (Lipinski definition) is 5. The Hall–Kier alpha value is -2.22. The van der Waals surface area contributed by atoms with Gasteiger partial charge in [-0.2, -0.15) is 0 Å². The minimum Gasteiger partial charge on any atom is -0.356 e. The number of hydrogen-bond donors (Lipinski definition) is 1. The summed E-state index contributed by atoms with van der Waals surface area (Å²) < 4.78 is 26.4. The summed E-state index contributed by atoms with van der Waals surface area (Å²) in [6.07, 6.45) is 5.03. The van der Waals surface area contributed by atoms with Crippen molar-refractivity contribution in [2.75, 3.05) is 29.1 Å². The topological polar surface area (TPSA) is 58.1 Å². The molecule has 0 unspecified atom stereocenters. The maximum Gasteiger partial charge on any atom is 0.234 e. The summed E-state index contributed by atoms with van der Waals surface area (Å²) >= 11 is 1.25. The molecule has 0 radical (unpaired) electrons. The van der Waals surface area contributed by atoms with Crippen LogP contribution < -0.4 is 10.2 Å². The molecule has 0 bridgehead atoms. The molecular formula is C17H18F2N4OS. The number of amides is 1. The molecule has 0 atom stereocenters. The normalized spacial score (nSPS) is 14.4. The van der Waals surface area contributed by atoms with E-state index in [9.17, 15) is 13.6 Å². The fourth-order valence-electron chi connectivity index (χ4n) is 2.62. The van der Waals surface area contributed by atoms with Crippen LogP contribution in [0.25, 0.3) is 0 Å². The van der Waals surface area contributed by atoms with E-state index in [1.165, 1.54) is 30.6 Å². The number of nitrogens with one attached hydrogen (secondary N) is 1. The van der Waals surface area contributed by atoms with Crippen LogP contribution >= 0.6 is 11.8 Å². The highest BCUT2D eigenvalue weighted by molar-refractivity contribution is 7.99. The highest BCUT2D eigenvalue weighted by atomic mass is 32.2. The van der Waals surface area contributed by atoms with Crippen molar-refractivity contribution in [1.29, 1.82) is 0 Å². The standard InChI is InChI=1S/C17H18F2N4OS/c18-12-4-5-14(13(19)8-12)22-16(24)10-25-17-9-15(20-11-21-17)23-6-2-1-3-7-23/h4-5,8-9,11H,1-3,6-7,10H2,(H,22,24). The number of halogens is 2. The molecule has 132 valence electrons. The van der Waals surface area contributed by atoms with Crippen molar-refractivity contribution in [2.45, 2.75) is 24.3 Å². The zero-order chi connectivity index (χ0) is 17.6. The van der Waals surface area contributed by atoms with E-state index in [0.29, 0.717) is 5.03 Å². The van der Waals surface area contributed by atoms with E-state index < -0.39 is 11.6 Å². The van der Waals surface area contributed by atoms with Crippen molar-refractivity contribution in [1.82, 2.24) is 9.97 Å². The largest absolute Gasteiger partial charge is 0.356 e. The molecule has 1 saturated heterocycles. The third-order valence-corrected chi connectivity index (χ3v) is 4.79. The lowest BCUT2D eigenvalue weighted by Gasteiger charge is -2.27. The van der Waals surface area contributed by atoms with Gasteiger partial charge in [0.05, 0.1) is 11.4 Å². The van der Waals surface area contributed by atoms with Gasteiger partial charge in [0.15, 0.2) is 0 Å². The van der Waals surface area contributed by atoms with Crippen molar-refractivity contribution >= 4 is 29.2 Å². The molecule has 1 N–H and O–H groups in total. The molecule has 1 fully saturated rings. The second-order valence-corrected chi connectivity index (χ2v) is 6.72. The first-order valence-electron chi connectivity index (χ1n) is 8.06. The highest BCUT2D eigenvalue weighted by Gasteiger charge is 2.14. The summed E-state index contributed by atoms with van der Waals surface area (Å²) in [6.45, 7) is 1.96. The first-order valence-corrected chi connectivity index (χ1v) is 9.05. The molecule has 5 nitrogen and oxygen atoms in total. The monoisotopic (exact) mass is 364 g/mol. The Kier molecular flexibility index (Phi) is 5.80. The van der Waals surface area contributed by atoms with Crippen molar-refractivity contribution in [2.24, 2.45) is 0 Å². The number of rotatable bonds is 5. The molecule has 1 aromatic carbocycles. The number of aromatic nitrogens is 2. The summed E-state index contributed by atoms with van der Waals surface area (Å²) in [5.74, 6) is -0.924. The molecule has 25 heavy (non-hydrogen) atoms. The molecule has 1 aromatic heterocycles. The van der Waals surface area contributed by atoms with Gasteiger partial charge in [0.2, 0.25) is 5.91 Å². The van der Waals surface area contributed by atoms with E-state index in [0.717, 1.165) is 43.9 Å². The minimum absolute atomic E-state index is 0.0382. The number of benzene rings is 1. The van der Waals surface area contributed by atoms with Crippen molar-refractivity contribution in [3.05, 3.63) is 42.2 Å². The maximum atomic E-state index is 13.5. The lowest BCUT2D eigenvalue weighted by atomic mass is 10.1. The first kappa shape index (κ1) is 17.6. The van der Waals surface area contributed by atoms with Gasteiger partial charge < -0.3 is 10.2 Å². The number of nitrogens with zero attached hydrogens (tertiary/aromatic N) is 3. The van der Waals surface area contributed by atoms with Crippen molar-refractivity contribution < 1.29 is 13.6 Å². The number of carbonyl (C=O) groups excluding carboxylic acids is 1. The van der Waals surface area contributed by atoms with E-state index in [-0.39, 0.29) is 17.3 Å². The maximum absolute atomic E-state index is 13.5. The van der Waals surface area contributed by atoms with Crippen LogP contribution in [0.2, 0.25) is 0 Å². The van der Waals surface area contributed by atoms with Crippen molar-refractivity contribution in [3.8, 4) is 0 Å². The quantitative estimate of drug-likeness (QED) is 0.650. The van der Waals surface area contributed by atoms with Crippen LogP contribution in [0.1, 0.15) is 19.3 Å². The van der Waals surface area contributed by atoms with E-state index in [1.54, 1.807) is 0 Å². The molecule has 1 aliphatic heterocycles. The third kappa shape index (κ3) is 4.88. The number of carbonyl (C=O) groups is 1. The second-order valence-electron chi connectivity index (χ2n) is 5.72. The van der Waals surface area contributed by atoms with Crippen LogP contribution in [-0.4, -0.2) is 34.7 Å². The number of thioether (sulfide) groups is 1. The van der Waals surface area contributed by atoms with Crippen LogP contribution in [0, 0.1) is 11.6 Å². The van der Waals surface area contributed by atoms with Gasteiger partial charge in [-0.15, -0.1) is 0 Å². The minimum atomic E-state index is -0.798. The summed E-state index contributed by atoms with van der Waals surface area (Å²) in [7, 11) is 0. The summed E-state index contributed by atoms with van der Waals surface area (Å²) in [6, 6.07) is 4.90. The van der Waals surface area contributed by atoms with Gasteiger partial charge in [0.1, 0.15) is 28.8 Å². The lowest BCUT2D eigenvalue weighted by Crippen LogP contribution is -2.30. The lowest BCUT2D eigenvalue weighted by molar-refractivity contribution is -0.113.